The predicted octanol–water partition coefficient (Wildman–Crippen LogP) is 2.44. The van der Waals surface area contributed by atoms with E-state index in [1.54, 1.807) is 13.4 Å². The van der Waals surface area contributed by atoms with E-state index in [0.29, 0.717) is 12.5 Å². The second-order valence-corrected chi connectivity index (χ2v) is 6.94. The van der Waals surface area contributed by atoms with Gasteiger partial charge in [0.05, 0.1) is 12.6 Å². The van der Waals surface area contributed by atoms with Crippen molar-refractivity contribution in [3.63, 3.8) is 0 Å². The van der Waals surface area contributed by atoms with Crippen molar-refractivity contribution in [1.29, 1.82) is 0 Å². The van der Waals surface area contributed by atoms with Gasteiger partial charge in [-0.05, 0) is 32.3 Å². The van der Waals surface area contributed by atoms with Gasteiger partial charge in [0, 0.05) is 32.7 Å². The molecule has 7 heteroatoms. The van der Waals surface area contributed by atoms with Gasteiger partial charge in [0.15, 0.2) is 11.8 Å². The Morgan fingerprint density at radius 3 is 2.85 bits per heavy atom. The Balaban J connectivity index is 1.56. The third-order valence-electron chi connectivity index (χ3n) is 5.06. The molecule has 1 aromatic heterocycles. The highest BCUT2D eigenvalue weighted by Crippen LogP contribution is 2.33. The van der Waals surface area contributed by atoms with Gasteiger partial charge < -0.3 is 19.9 Å². The third kappa shape index (κ3) is 5.07. The summed E-state index contributed by atoms with van der Waals surface area (Å²) in [5, 5.41) is 14.9. The maximum Gasteiger partial charge on any atom is 0.191 e. The maximum atomic E-state index is 6.11. The van der Waals surface area contributed by atoms with Crippen LogP contribution in [-0.4, -0.2) is 40.9 Å². The lowest BCUT2D eigenvalue weighted by molar-refractivity contribution is -0.0265. The second-order valence-electron chi connectivity index (χ2n) is 6.94. The largest absolute Gasteiger partial charge is 0.373 e. The number of nitrogens with one attached hydrogen (secondary N) is 2. The molecule has 1 fully saturated rings. The Labute approximate surface area is 161 Å². The Morgan fingerprint density at radius 2 is 2.11 bits per heavy atom. The van der Waals surface area contributed by atoms with Gasteiger partial charge in [-0.2, -0.15) is 0 Å². The zero-order chi connectivity index (χ0) is 19.1. The first-order valence-corrected chi connectivity index (χ1v) is 9.70. The van der Waals surface area contributed by atoms with Crippen LogP contribution in [0.3, 0.4) is 0 Å². The number of rotatable bonds is 6. The SMILES string of the molecule is CCn1cnnc1CNC(=NC)NCC1CCCOC1c1ccc(C)cc1. The normalized spacial score (nSPS) is 20.5. The van der Waals surface area contributed by atoms with Crippen LogP contribution in [0.5, 0.6) is 0 Å². The van der Waals surface area contributed by atoms with Crippen LogP contribution in [-0.2, 0) is 17.8 Å². The minimum atomic E-state index is 0.133. The molecule has 1 aromatic carbocycles. The van der Waals surface area contributed by atoms with Crippen molar-refractivity contribution in [3.05, 3.63) is 47.5 Å². The molecule has 2 atom stereocenters. The molecule has 2 N–H and O–H groups in total. The fourth-order valence-corrected chi connectivity index (χ4v) is 3.47. The quantitative estimate of drug-likeness (QED) is 0.603. The Hall–Kier alpha value is -2.41. The summed E-state index contributed by atoms with van der Waals surface area (Å²) in [5.74, 6) is 2.09. The maximum absolute atomic E-state index is 6.11. The summed E-state index contributed by atoms with van der Waals surface area (Å²) in [5.41, 5.74) is 2.53. The first-order valence-electron chi connectivity index (χ1n) is 9.70. The number of hydrogen-bond donors (Lipinski definition) is 2. The van der Waals surface area contributed by atoms with E-state index in [-0.39, 0.29) is 6.10 Å². The van der Waals surface area contributed by atoms with Crippen LogP contribution in [0.15, 0.2) is 35.6 Å². The van der Waals surface area contributed by atoms with Crippen LogP contribution in [0, 0.1) is 12.8 Å². The van der Waals surface area contributed by atoms with Crippen LogP contribution in [0.2, 0.25) is 0 Å². The molecular formula is C20H30N6O. The van der Waals surface area contributed by atoms with Gasteiger partial charge in [-0.25, -0.2) is 0 Å². The van der Waals surface area contributed by atoms with Gasteiger partial charge in [-0.15, -0.1) is 10.2 Å². The smallest absolute Gasteiger partial charge is 0.191 e. The van der Waals surface area contributed by atoms with Crippen molar-refractivity contribution in [1.82, 2.24) is 25.4 Å². The third-order valence-corrected chi connectivity index (χ3v) is 5.06. The highest BCUT2D eigenvalue weighted by atomic mass is 16.5. The molecule has 0 spiro atoms. The van der Waals surface area contributed by atoms with Gasteiger partial charge in [0.1, 0.15) is 6.33 Å². The van der Waals surface area contributed by atoms with Crippen LogP contribution in [0.4, 0.5) is 0 Å². The number of aliphatic imine (C=N–C) groups is 1. The fraction of sp³-hybridized carbons (Fsp3) is 0.550. The van der Waals surface area contributed by atoms with E-state index in [9.17, 15) is 0 Å². The van der Waals surface area contributed by atoms with Crippen molar-refractivity contribution in [2.24, 2.45) is 10.9 Å². The summed E-state index contributed by atoms with van der Waals surface area (Å²) in [6.45, 7) is 7.28. The Kier molecular flexibility index (Phi) is 6.81. The molecule has 2 heterocycles. The van der Waals surface area contributed by atoms with Crippen LogP contribution in [0.25, 0.3) is 0 Å². The van der Waals surface area contributed by atoms with E-state index < -0.39 is 0 Å². The fourth-order valence-electron chi connectivity index (χ4n) is 3.47. The molecule has 1 saturated heterocycles. The summed E-state index contributed by atoms with van der Waals surface area (Å²) in [6.07, 6.45) is 4.12. The van der Waals surface area contributed by atoms with Crippen LogP contribution < -0.4 is 10.6 Å². The molecule has 0 saturated carbocycles. The van der Waals surface area contributed by atoms with Gasteiger partial charge in [0.2, 0.25) is 0 Å². The minimum Gasteiger partial charge on any atom is -0.373 e. The van der Waals surface area contributed by atoms with Crippen molar-refractivity contribution >= 4 is 5.96 Å². The molecule has 146 valence electrons. The molecular weight excluding hydrogens is 340 g/mol. The molecule has 1 aliphatic heterocycles. The van der Waals surface area contributed by atoms with Gasteiger partial charge >= 0.3 is 0 Å². The number of aromatic nitrogens is 3. The predicted molar refractivity (Wildman–Crippen MR) is 106 cm³/mol. The summed E-state index contributed by atoms with van der Waals surface area (Å²) >= 11 is 0. The van der Waals surface area contributed by atoms with E-state index in [1.807, 2.05) is 4.57 Å². The first kappa shape index (κ1) is 19.4. The second kappa shape index (κ2) is 9.50. The number of ether oxygens (including phenoxy) is 1. The molecule has 0 bridgehead atoms. The van der Waals surface area contributed by atoms with E-state index >= 15 is 0 Å². The van der Waals surface area contributed by atoms with Crippen molar-refractivity contribution < 1.29 is 4.74 Å². The standard InChI is InChI=1S/C20H30N6O/c1-4-26-14-24-25-18(26)13-23-20(21-3)22-12-17-6-5-11-27-19(17)16-9-7-15(2)8-10-16/h7-10,14,17,19H,4-6,11-13H2,1-3H3,(H2,21,22,23). The molecule has 0 amide bonds. The monoisotopic (exact) mass is 370 g/mol. The van der Waals surface area contributed by atoms with Crippen molar-refractivity contribution in [2.45, 2.75) is 45.9 Å². The lowest BCUT2D eigenvalue weighted by atomic mass is 9.89. The topological polar surface area (TPSA) is 76.4 Å². The summed E-state index contributed by atoms with van der Waals surface area (Å²) < 4.78 is 8.13. The number of nitrogens with zero attached hydrogens (tertiary/aromatic N) is 4. The molecule has 27 heavy (non-hydrogen) atoms. The van der Waals surface area contributed by atoms with Crippen LogP contribution >= 0.6 is 0 Å². The lowest BCUT2D eigenvalue weighted by Crippen LogP contribution is -2.42. The van der Waals surface area contributed by atoms with E-state index in [1.165, 1.54) is 11.1 Å². The zero-order valence-electron chi connectivity index (χ0n) is 16.5. The highest BCUT2D eigenvalue weighted by Gasteiger charge is 2.27. The first-order chi connectivity index (χ1) is 13.2. The number of benzene rings is 1. The molecule has 2 unspecified atom stereocenters. The summed E-state index contributed by atoms with van der Waals surface area (Å²) in [4.78, 5) is 4.33. The number of guanidine groups is 1. The van der Waals surface area contributed by atoms with Crippen molar-refractivity contribution in [3.8, 4) is 0 Å². The Morgan fingerprint density at radius 1 is 1.30 bits per heavy atom. The lowest BCUT2D eigenvalue weighted by Gasteiger charge is -2.32. The van der Waals surface area contributed by atoms with Crippen LogP contribution in [0.1, 0.15) is 42.8 Å². The van der Waals surface area contributed by atoms with E-state index in [2.05, 4.69) is 63.9 Å². The van der Waals surface area contributed by atoms with Gasteiger partial charge in [0.25, 0.3) is 0 Å². The van der Waals surface area contributed by atoms with E-state index in [0.717, 1.165) is 44.3 Å². The number of aryl methyl sites for hydroxylation is 2. The molecule has 0 radical (unpaired) electrons. The molecule has 1 aliphatic rings. The highest BCUT2D eigenvalue weighted by molar-refractivity contribution is 5.79. The van der Waals surface area contributed by atoms with Gasteiger partial charge in [-0.3, -0.25) is 4.99 Å². The molecule has 0 aliphatic carbocycles. The zero-order valence-corrected chi connectivity index (χ0v) is 16.5. The van der Waals surface area contributed by atoms with E-state index in [4.69, 9.17) is 4.74 Å². The average molecular weight is 371 g/mol. The minimum absolute atomic E-state index is 0.133. The summed E-state index contributed by atoms with van der Waals surface area (Å²) in [6, 6.07) is 8.68. The molecule has 2 aromatic rings. The average Bonchev–Trinajstić information content (AvgIpc) is 3.17. The van der Waals surface area contributed by atoms with Crippen molar-refractivity contribution in [2.75, 3.05) is 20.2 Å². The number of hydrogen-bond acceptors (Lipinski definition) is 4. The van der Waals surface area contributed by atoms with Gasteiger partial charge in [-0.1, -0.05) is 29.8 Å². The summed E-state index contributed by atoms with van der Waals surface area (Å²) in [7, 11) is 1.79. The molecule has 3 rings (SSSR count). The molecule has 7 nitrogen and oxygen atoms in total. The Bertz CT molecular complexity index is 739.